The number of allylic oxidation sites excluding steroid dienone is 10. The topological polar surface area (TPSA) is 6.25 Å². The third-order valence-electron chi connectivity index (χ3n) is 7.87. The van der Waals surface area contributed by atoms with Crippen LogP contribution in [0.4, 0.5) is 11.4 Å². The quantitative estimate of drug-likeness (QED) is 0.265. The minimum absolute atomic E-state index is 0.0193. The van der Waals surface area contributed by atoms with Crippen molar-refractivity contribution >= 4 is 28.7 Å². The molecule has 0 amide bonds. The highest BCUT2D eigenvalue weighted by Gasteiger charge is 2.42. The lowest BCUT2D eigenvalue weighted by molar-refractivity contribution is -0.401. The number of rotatable bonds is 7. The first-order valence-corrected chi connectivity index (χ1v) is 13.6. The fourth-order valence-corrected chi connectivity index (χ4v) is 6.02. The summed E-state index contributed by atoms with van der Waals surface area (Å²) in [7, 11) is 4.30. The fraction of sp³-hybridized carbons (Fsp3) is 0.324. The molecule has 2 aliphatic heterocycles. The smallest absolute Gasteiger partial charge is 0.209 e. The van der Waals surface area contributed by atoms with E-state index in [9.17, 15) is 0 Å². The second-order valence-electron chi connectivity index (χ2n) is 11.0. The molecular weight excluding hydrogens is 472 g/mol. The van der Waals surface area contributed by atoms with Gasteiger partial charge in [-0.25, -0.2) is 0 Å². The molecular formula is C34H40ClN2+. The van der Waals surface area contributed by atoms with Crippen molar-refractivity contribution in [3.63, 3.8) is 0 Å². The van der Waals surface area contributed by atoms with Crippen LogP contribution in [0, 0.1) is 0 Å². The summed E-state index contributed by atoms with van der Waals surface area (Å²) in [6, 6.07) is 17.3. The second kappa shape index (κ2) is 10.7. The Bertz CT molecular complexity index is 1360. The lowest BCUT2D eigenvalue weighted by atomic mass is 9.81. The largest absolute Gasteiger partial charge is 0.347 e. The number of para-hydroxylation sites is 2. The van der Waals surface area contributed by atoms with E-state index in [0.29, 0.717) is 0 Å². The van der Waals surface area contributed by atoms with Crippen LogP contribution in [0.25, 0.3) is 0 Å². The maximum atomic E-state index is 6.80. The molecule has 4 rings (SSSR count). The van der Waals surface area contributed by atoms with Crippen molar-refractivity contribution in [3.05, 3.63) is 118 Å². The Morgan fingerprint density at radius 1 is 0.892 bits per heavy atom. The molecule has 0 radical (unpaired) electrons. The molecule has 192 valence electrons. The normalized spacial score (nSPS) is 20.0. The predicted octanol–water partition coefficient (Wildman–Crippen LogP) is 8.97. The Labute approximate surface area is 228 Å². The monoisotopic (exact) mass is 511 g/mol. The summed E-state index contributed by atoms with van der Waals surface area (Å²) in [6.45, 7) is 11.3. The van der Waals surface area contributed by atoms with E-state index in [1.54, 1.807) is 0 Å². The Morgan fingerprint density at radius 3 is 2.24 bits per heavy atom. The molecule has 0 spiro atoms. The van der Waals surface area contributed by atoms with Crippen LogP contribution in [-0.2, 0) is 10.8 Å². The maximum absolute atomic E-state index is 6.80. The fourth-order valence-electron chi connectivity index (χ4n) is 5.79. The van der Waals surface area contributed by atoms with Gasteiger partial charge in [0.1, 0.15) is 7.05 Å². The van der Waals surface area contributed by atoms with Crippen LogP contribution in [-0.4, -0.2) is 24.4 Å². The molecule has 2 aromatic rings. The lowest BCUT2D eigenvalue weighted by Gasteiger charge is -2.23. The van der Waals surface area contributed by atoms with Crippen molar-refractivity contribution in [3.8, 4) is 0 Å². The van der Waals surface area contributed by atoms with Gasteiger partial charge in [0.2, 0.25) is 5.69 Å². The van der Waals surface area contributed by atoms with Gasteiger partial charge in [-0.05, 0) is 49.6 Å². The number of fused-ring (bicyclic) bond motifs is 2. The van der Waals surface area contributed by atoms with Gasteiger partial charge in [-0.1, -0.05) is 99.5 Å². The van der Waals surface area contributed by atoms with Crippen molar-refractivity contribution in [2.75, 3.05) is 19.0 Å². The van der Waals surface area contributed by atoms with Crippen molar-refractivity contribution in [1.29, 1.82) is 0 Å². The van der Waals surface area contributed by atoms with Gasteiger partial charge in [0.15, 0.2) is 5.71 Å². The number of hydrogen-bond donors (Lipinski definition) is 0. The molecule has 2 aliphatic rings. The molecule has 2 heterocycles. The van der Waals surface area contributed by atoms with Gasteiger partial charge in [-0.3, -0.25) is 0 Å². The summed E-state index contributed by atoms with van der Waals surface area (Å²) in [5.41, 5.74) is 8.95. The van der Waals surface area contributed by atoms with E-state index in [1.165, 1.54) is 33.9 Å². The van der Waals surface area contributed by atoms with E-state index in [2.05, 4.69) is 137 Å². The summed E-state index contributed by atoms with van der Waals surface area (Å²) in [6.07, 6.45) is 16.9. The molecule has 0 atom stereocenters. The number of hydrogen-bond acceptors (Lipinski definition) is 1. The first kappa shape index (κ1) is 26.9. The zero-order valence-electron chi connectivity index (χ0n) is 23.3. The Morgan fingerprint density at radius 2 is 1.57 bits per heavy atom. The van der Waals surface area contributed by atoms with Gasteiger partial charge >= 0.3 is 0 Å². The molecule has 37 heavy (non-hydrogen) atoms. The molecule has 0 aromatic heterocycles. The van der Waals surface area contributed by atoms with E-state index in [4.69, 9.17) is 11.6 Å². The average Bonchev–Trinajstić information content (AvgIpc) is 3.20. The van der Waals surface area contributed by atoms with Gasteiger partial charge in [-0.15, -0.1) is 0 Å². The Hall–Kier alpha value is -3.10. The summed E-state index contributed by atoms with van der Waals surface area (Å²) >= 11 is 6.80. The van der Waals surface area contributed by atoms with E-state index in [-0.39, 0.29) is 10.8 Å². The number of nitrogens with zero attached hydrogens (tertiary/aromatic N) is 2. The van der Waals surface area contributed by atoms with Crippen molar-refractivity contribution in [2.45, 2.75) is 58.3 Å². The molecule has 0 fully saturated rings. The van der Waals surface area contributed by atoms with Crippen molar-refractivity contribution in [2.24, 2.45) is 0 Å². The molecule has 0 saturated carbocycles. The van der Waals surface area contributed by atoms with Crippen LogP contribution in [0.2, 0.25) is 0 Å². The van der Waals surface area contributed by atoms with E-state index < -0.39 is 0 Å². The molecule has 0 unspecified atom stereocenters. The molecule has 2 aromatic carbocycles. The van der Waals surface area contributed by atoms with Crippen LogP contribution in [0.1, 0.15) is 58.6 Å². The third kappa shape index (κ3) is 5.05. The lowest BCUT2D eigenvalue weighted by Crippen LogP contribution is -2.26. The highest BCUT2D eigenvalue weighted by Crippen LogP contribution is 2.46. The van der Waals surface area contributed by atoms with Crippen molar-refractivity contribution < 1.29 is 4.58 Å². The van der Waals surface area contributed by atoms with Crippen LogP contribution < -0.4 is 4.90 Å². The SMILES string of the molecule is CCCC(/C=C/C1=[N+](C)c2ccccc2C1(C)C)=C(Cl)\C=C\C=C\C=C1\N(C)c2ccccc2C1(C)C. The summed E-state index contributed by atoms with van der Waals surface area (Å²) < 4.78 is 2.30. The standard InChI is InChI=1S/C34H40ClN2/c1-8-16-25(23-24-32-34(4,5)27-18-13-15-21-30(27)37(32)7)28(35)19-10-9-11-22-31-33(2,3)26-17-12-14-20-29(26)36(31)6/h9-15,17-24H,8,16H2,1-7H3/q+1. The van der Waals surface area contributed by atoms with E-state index >= 15 is 0 Å². The van der Waals surface area contributed by atoms with Crippen molar-refractivity contribution in [1.82, 2.24) is 0 Å². The zero-order chi connectivity index (χ0) is 26.8. The average molecular weight is 512 g/mol. The van der Waals surface area contributed by atoms with Gasteiger partial charge < -0.3 is 4.90 Å². The van der Waals surface area contributed by atoms with Crippen LogP contribution in [0.15, 0.2) is 107 Å². The molecule has 0 N–H and O–H groups in total. The molecule has 2 nitrogen and oxygen atoms in total. The maximum Gasteiger partial charge on any atom is 0.209 e. The minimum atomic E-state index is -0.0431. The van der Waals surface area contributed by atoms with Gasteiger partial charge in [-0.2, -0.15) is 4.58 Å². The van der Waals surface area contributed by atoms with E-state index in [1.807, 2.05) is 12.2 Å². The number of halogens is 1. The highest BCUT2D eigenvalue weighted by atomic mass is 35.5. The molecule has 0 bridgehead atoms. The predicted molar refractivity (Wildman–Crippen MR) is 161 cm³/mol. The number of likely N-dealkylation sites (N-methyl/N-ethyl adjacent to an activating group) is 1. The van der Waals surface area contributed by atoms with Crippen LogP contribution >= 0.6 is 11.6 Å². The van der Waals surface area contributed by atoms with Gasteiger partial charge in [0.05, 0.1) is 5.41 Å². The molecule has 0 aliphatic carbocycles. The van der Waals surface area contributed by atoms with Crippen LogP contribution in [0.5, 0.6) is 0 Å². The summed E-state index contributed by atoms with van der Waals surface area (Å²) in [4.78, 5) is 2.29. The number of anilines is 1. The first-order valence-electron chi connectivity index (χ1n) is 13.3. The number of benzene rings is 2. The Balaban J connectivity index is 1.52. The first-order chi connectivity index (χ1) is 17.6. The second-order valence-corrected chi connectivity index (χ2v) is 11.4. The highest BCUT2D eigenvalue weighted by molar-refractivity contribution is 6.31. The van der Waals surface area contributed by atoms with Gasteiger partial charge in [0, 0.05) is 46.6 Å². The molecule has 0 saturated heterocycles. The minimum Gasteiger partial charge on any atom is -0.347 e. The Kier molecular flexibility index (Phi) is 7.80. The van der Waals surface area contributed by atoms with E-state index in [0.717, 1.165) is 23.4 Å². The zero-order valence-corrected chi connectivity index (χ0v) is 24.1. The molecule has 3 heteroatoms. The third-order valence-corrected chi connectivity index (χ3v) is 8.24. The summed E-state index contributed by atoms with van der Waals surface area (Å²) in [5.74, 6) is 0. The van der Waals surface area contributed by atoms with Gasteiger partial charge in [0.25, 0.3) is 0 Å². The van der Waals surface area contributed by atoms with Crippen LogP contribution in [0.3, 0.4) is 0 Å². The summed E-state index contributed by atoms with van der Waals surface area (Å²) in [5, 5.41) is 0.790.